The molecule has 0 unspecified atom stereocenters. The predicted octanol–water partition coefficient (Wildman–Crippen LogP) is 5.35. The Bertz CT molecular complexity index is 1120. The van der Waals surface area contributed by atoms with E-state index in [4.69, 9.17) is 14.2 Å². The Morgan fingerprint density at radius 3 is 2.59 bits per heavy atom. The van der Waals surface area contributed by atoms with E-state index in [0.29, 0.717) is 43.9 Å². The van der Waals surface area contributed by atoms with Gasteiger partial charge in [0.05, 0.1) is 12.6 Å². The maximum atomic E-state index is 15.0. The second kappa shape index (κ2) is 12.1. The van der Waals surface area contributed by atoms with E-state index in [-0.39, 0.29) is 35.3 Å². The summed E-state index contributed by atoms with van der Waals surface area (Å²) in [5.41, 5.74) is 0.344. The maximum Gasteiger partial charge on any atom is 0.410 e. The Kier molecular flexibility index (Phi) is 9.34. The van der Waals surface area contributed by atoms with E-state index in [9.17, 15) is 14.0 Å². The standard InChI is InChI=1S/C28H40FN3O5/c1-18(2)32(20-10-8-11-31(17-20)27(34)37-28(4,5)6)26(33)23-16-24(36-13-9-12-35-7)21-14-19(3)15-22(29)25(21)30-23/h14-16,18,20H,8-13,17H2,1-7H3/t20-/m1/s1. The lowest BCUT2D eigenvalue weighted by Gasteiger charge is -2.41. The van der Waals surface area contributed by atoms with Crippen LogP contribution in [0.4, 0.5) is 9.18 Å². The lowest BCUT2D eigenvalue weighted by molar-refractivity contribution is 0.00742. The first kappa shape index (κ1) is 28.6. The summed E-state index contributed by atoms with van der Waals surface area (Å²) in [6.07, 6.45) is 1.75. The van der Waals surface area contributed by atoms with Gasteiger partial charge in [0.2, 0.25) is 0 Å². The molecule has 0 radical (unpaired) electrons. The average molecular weight is 518 g/mol. The number of halogens is 1. The Labute approximate surface area is 219 Å². The summed E-state index contributed by atoms with van der Waals surface area (Å²) < 4.78 is 31.6. The average Bonchev–Trinajstić information content (AvgIpc) is 2.81. The number of hydrogen-bond acceptors (Lipinski definition) is 6. The molecule has 0 saturated carbocycles. The highest BCUT2D eigenvalue weighted by Gasteiger charge is 2.35. The number of aromatic nitrogens is 1. The van der Waals surface area contributed by atoms with Crippen LogP contribution < -0.4 is 4.74 Å². The number of benzene rings is 1. The number of likely N-dealkylation sites (tertiary alicyclic amines) is 1. The number of aryl methyl sites for hydroxylation is 1. The van der Waals surface area contributed by atoms with Gasteiger partial charge in [-0.15, -0.1) is 0 Å². The number of methoxy groups -OCH3 is 1. The highest BCUT2D eigenvalue weighted by molar-refractivity contribution is 5.97. The van der Waals surface area contributed by atoms with Gasteiger partial charge < -0.3 is 24.0 Å². The number of rotatable bonds is 8. The van der Waals surface area contributed by atoms with Crippen LogP contribution in [0.25, 0.3) is 10.9 Å². The van der Waals surface area contributed by atoms with Crippen molar-refractivity contribution in [1.82, 2.24) is 14.8 Å². The van der Waals surface area contributed by atoms with Crippen LogP contribution in [-0.4, -0.2) is 77.9 Å². The molecule has 0 aliphatic carbocycles. The Balaban J connectivity index is 1.93. The molecule has 0 spiro atoms. The monoisotopic (exact) mass is 517 g/mol. The van der Waals surface area contributed by atoms with Crippen molar-refractivity contribution < 1.29 is 28.2 Å². The van der Waals surface area contributed by atoms with Crippen LogP contribution in [0, 0.1) is 12.7 Å². The third kappa shape index (κ3) is 7.31. The molecule has 1 aliphatic rings. The summed E-state index contributed by atoms with van der Waals surface area (Å²) in [5.74, 6) is -0.416. The van der Waals surface area contributed by atoms with Crippen molar-refractivity contribution in [1.29, 1.82) is 0 Å². The fourth-order valence-corrected chi connectivity index (χ4v) is 4.63. The van der Waals surface area contributed by atoms with Crippen LogP contribution in [0.15, 0.2) is 18.2 Å². The summed E-state index contributed by atoms with van der Waals surface area (Å²) in [4.78, 5) is 34.4. The van der Waals surface area contributed by atoms with Crippen molar-refractivity contribution in [2.24, 2.45) is 0 Å². The first-order valence-corrected chi connectivity index (χ1v) is 12.9. The quantitative estimate of drug-likeness (QED) is 0.439. The zero-order valence-corrected chi connectivity index (χ0v) is 23.1. The highest BCUT2D eigenvalue weighted by Crippen LogP contribution is 2.30. The smallest absolute Gasteiger partial charge is 0.410 e. The van der Waals surface area contributed by atoms with E-state index >= 15 is 0 Å². The molecule has 3 rings (SSSR count). The first-order valence-electron chi connectivity index (χ1n) is 12.9. The van der Waals surface area contributed by atoms with Gasteiger partial charge in [-0.1, -0.05) is 0 Å². The summed E-state index contributed by atoms with van der Waals surface area (Å²) in [6, 6.07) is 4.42. The molecule has 1 aromatic heterocycles. The van der Waals surface area contributed by atoms with Gasteiger partial charge in [-0.3, -0.25) is 4.79 Å². The molecular weight excluding hydrogens is 477 g/mol. The number of ether oxygens (including phenoxy) is 3. The largest absolute Gasteiger partial charge is 0.493 e. The van der Waals surface area contributed by atoms with Gasteiger partial charge >= 0.3 is 6.09 Å². The van der Waals surface area contributed by atoms with Gasteiger partial charge in [-0.25, -0.2) is 14.2 Å². The molecular formula is C28H40FN3O5. The van der Waals surface area contributed by atoms with Crippen LogP contribution in [0.2, 0.25) is 0 Å². The molecule has 2 heterocycles. The number of pyridine rings is 1. The summed E-state index contributed by atoms with van der Waals surface area (Å²) in [7, 11) is 1.62. The second-order valence-electron chi connectivity index (χ2n) is 10.9. The molecule has 1 saturated heterocycles. The molecule has 0 bridgehead atoms. The van der Waals surface area contributed by atoms with Crippen molar-refractivity contribution in [3.8, 4) is 5.75 Å². The fraction of sp³-hybridized carbons (Fsp3) is 0.607. The minimum atomic E-state index is -0.603. The van der Waals surface area contributed by atoms with Crippen LogP contribution >= 0.6 is 0 Å². The van der Waals surface area contributed by atoms with E-state index in [2.05, 4.69) is 4.98 Å². The van der Waals surface area contributed by atoms with E-state index in [1.807, 2.05) is 40.7 Å². The van der Waals surface area contributed by atoms with Gasteiger partial charge in [-0.05, 0) is 72.1 Å². The minimum Gasteiger partial charge on any atom is -0.493 e. The number of carbonyl (C=O) groups is 2. The summed E-state index contributed by atoms with van der Waals surface area (Å²) in [5, 5.41) is 0.524. The van der Waals surface area contributed by atoms with Crippen molar-refractivity contribution in [2.45, 2.75) is 78.5 Å². The molecule has 1 aromatic carbocycles. The van der Waals surface area contributed by atoms with Gasteiger partial charge in [0.1, 0.15) is 28.4 Å². The molecule has 2 amide bonds. The zero-order chi connectivity index (χ0) is 27.3. The van der Waals surface area contributed by atoms with Gasteiger partial charge in [-0.2, -0.15) is 0 Å². The van der Waals surface area contributed by atoms with Crippen molar-refractivity contribution in [3.63, 3.8) is 0 Å². The summed E-state index contributed by atoms with van der Waals surface area (Å²) >= 11 is 0. The Morgan fingerprint density at radius 2 is 1.95 bits per heavy atom. The molecule has 2 aromatic rings. The normalized spacial score (nSPS) is 16.2. The number of nitrogens with zero attached hydrogens (tertiary/aromatic N) is 3. The highest BCUT2D eigenvalue weighted by atomic mass is 19.1. The topological polar surface area (TPSA) is 81.2 Å². The van der Waals surface area contributed by atoms with E-state index in [1.54, 1.807) is 29.9 Å². The summed E-state index contributed by atoms with van der Waals surface area (Å²) in [6.45, 7) is 13.0. The number of amides is 2. The zero-order valence-electron chi connectivity index (χ0n) is 23.1. The fourth-order valence-electron chi connectivity index (χ4n) is 4.63. The van der Waals surface area contributed by atoms with Crippen molar-refractivity contribution in [2.75, 3.05) is 33.4 Å². The second-order valence-corrected chi connectivity index (χ2v) is 10.9. The molecule has 8 nitrogen and oxygen atoms in total. The van der Waals surface area contributed by atoms with E-state index in [1.165, 1.54) is 6.07 Å². The lowest BCUT2D eigenvalue weighted by atomic mass is 10.0. The number of piperidine rings is 1. The third-order valence-corrected chi connectivity index (χ3v) is 6.18. The number of hydrogen-bond donors (Lipinski definition) is 0. The van der Waals surface area contributed by atoms with Gasteiger partial charge in [0.25, 0.3) is 5.91 Å². The van der Waals surface area contributed by atoms with Gasteiger partial charge in [0.15, 0.2) is 0 Å². The van der Waals surface area contributed by atoms with E-state index in [0.717, 1.165) is 18.4 Å². The van der Waals surface area contributed by atoms with E-state index < -0.39 is 11.4 Å². The first-order chi connectivity index (χ1) is 17.4. The maximum absolute atomic E-state index is 15.0. The Morgan fingerprint density at radius 1 is 1.22 bits per heavy atom. The number of carbonyl (C=O) groups excluding carboxylic acids is 2. The predicted molar refractivity (Wildman–Crippen MR) is 141 cm³/mol. The van der Waals surface area contributed by atoms with Crippen LogP contribution in [0.3, 0.4) is 0 Å². The van der Waals surface area contributed by atoms with Crippen LogP contribution in [0.5, 0.6) is 5.75 Å². The number of fused-ring (bicyclic) bond motifs is 1. The minimum absolute atomic E-state index is 0.0981. The van der Waals surface area contributed by atoms with Crippen LogP contribution in [0.1, 0.15) is 69.9 Å². The van der Waals surface area contributed by atoms with Crippen molar-refractivity contribution >= 4 is 22.9 Å². The Hall–Kier alpha value is -2.94. The van der Waals surface area contributed by atoms with Crippen molar-refractivity contribution in [3.05, 3.63) is 35.3 Å². The lowest BCUT2D eigenvalue weighted by Crippen LogP contribution is -2.54. The molecule has 1 fully saturated rings. The SMILES string of the molecule is COCCCOc1cc(C(=O)N(C(C)C)[C@@H]2CCCN(C(=O)OC(C)(C)C)C2)nc2c(F)cc(C)cc12. The molecule has 0 N–H and O–H groups in total. The molecule has 9 heteroatoms. The molecule has 204 valence electrons. The molecule has 1 aliphatic heterocycles. The van der Waals surface area contributed by atoms with Crippen LogP contribution in [-0.2, 0) is 9.47 Å². The molecule has 37 heavy (non-hydrogen) atoms. The molecule has 1 atom stereocenters. The van der Waals surface area contributed by atoms with Gasteiger partial charge in [0, 0.05) is 50.7 Å². The third-order valence-electron chi connectivity index (χ3n) is 6.18.